The van der Waals surface area contributed by atoms with Crippen molar-refractivity contribution in [1.29, 1.82) is 0 Å². The maximum Gasteiger partial charge on any atom is 0.404 e. The number of hydrogen-bond donors (Lipinski definition) is 2. The molecule has 20 heavy (non-hydrogen) atoms. The third-order valence-electron chi connectivity index (χ3n) is 2.71. The van der Waals surface area contributed by atoms with Gasteiger partial charge in [0.25, 0.3) is 0 Å². The fourth-order valence-corrected chi connectivity index (χ4v) is 1.79. The minimum atomic E-state index is -5.41. The van der Waals surface area contributed by atoms with Crippen molar-refractivity contribution in [2.45, 2.75) is 24.4 Å². The van der Waals surface area contributed by atoms with Gasteiger partial charge in [0.2, 0.25) is 0 Å². The van der Waals surface area contributed by atoms with Crippen LogP contribution in [0, 0.1) is 0 Å². The fraction of sp³-hybridized carbons (Fsp3) is 0.500. The minimum Gasteiger partial charge on any atom is -0.387 e. The van der Waals surface area contributed by atoms with Gasteiger partial charge in [-0.15, -0.1) is 0 Å². The Morgan fingerprint density at radius 2 is 1.35 bits per heavy atom. The highest BCUT2D eigenvalue weighted by atomic mass is 19.4. The van der Waals surface area contributed by atoms with E-state index in [-0.39, 0.29) is 12.1 Å². The Hall–Kier alpha value is -1.28. The standard InChI is InChI=1S/C12H13F6NO/c1-19-6-9(20)7-2-4-8(5-3-7)10(11(13,14)15)12(16,17)18/h2-5,9-10,19-20H,6H2,1H3. The molecule has 114 valence electrons. The lowest BCUT2D eigenvalue weighted by Crippen LogP contribution is -2.34. The second kappa shape index (κ2) is 6.01. The normalized spacial score (nSPS) is 14.7. The second-order valence-corrected chi connectivity index (χ2v) is 4.26. The van der Waals surface area contributed by atoms with Crippen LogP contribution in [0.2, 0.25) is 0 Å². The van der Waals surface area contributed by atoms with Crippen LogP contribution in [-0.2, 0) is 0 Å². The van der Waals surface area contributed by atoms with E-state index in [0.717, 1.165) is 24.3 Å². The number of nitrogens with one attached hydrogen (secondary N) is 1. The molecule has 0 aliphatic carbocycles. The predicted molar refractivity (Wildman–Crippen MR) is 60.2 cm³/mol. The topological polar surface area (TPSA) is 32.3 Å². The first-order valence-electron chi connectivity index (χ1n) is 5.63. The lowest BCUT2D eigenvalue weighted by molar-refractivity contribution is -0.253. The van der Waals surface area contributed by atoms with Crippen molar-refractivity contribution < 1.29 is 31.4 Å². The first-order valence-corrected chi connectivity index (χ1v) is 5.63. The molecule has 1 aromatic rings. The Labute approximate surface area is 111 Å². The summed E-state index contributed by atoms with van der Waals surface area (Å²) >= 11 is 0. The van der Waals surface area contributed by atoms with Crippen molar-refractivity contribution in [1.82, 2.24) is 5.32 Å². The largest absolute Gasteiger partial charge is 0.404 e. The van der Waals surface area contributed by atoms with Gasteiger partial charge in [-0.25, -0.2) is 0 Å². The van der Waals surface area contributed by atoms with E-state index in [9.17, 15) is 31.4 Å². The number of halogens is 6. The van der Waals surface area contributed by atoms with Crippen LogP contribution in [0.1, 0.15) is 23.1 Å². The Kier molecular flexibility index (Phi) is 5.04. The molecular weight excluding hydrogens is 288 g/mol. The number of rotatable bonds is 4. The SMILES string of the molecule is CNCC(O)c1ccc(C(C(F)(F)F)C(F)(F)F)cc1. The summed E-state index contributed by atoms with van der Waals surface area (Å²) in [4.78, 5) is 0. The molecular formula is C12H13F6NO. The first kappa shape index (κ1) is 16.8. The molecule has 0 bridgehead atoms. The van der Waals surface area contributed by atoms with Crippen LogP contribution in [0.15, 0.2) is 24.3 Å². The van der Waals surface area contributed by atoms with E-state index in [1.165, 1.54) is 0 Å². The van der Waals surface area contributed by atoms with E-state index in [2.05, 4.69) is 5.32 Å². The zero-order chi connectivity index (χ0) is 15.6. The molecule has 2 N–H and O–H groups in total. The van der Waals surface area contributed by atoms with Crippen LogP contribution in [0.4, 0.5) is 26.3 Å². The van der Waals surface area contributed by atoms with Gasteiger partial charge in [0.1, 0.15) is 0 Å². The monoisotopic (exact) mass is 301 g/mol. The van der Waals surface area contributed by atoms with Gasteiger partial charge in [-0.2, -0.15) is 26.3 Å². The molecule has 1 atom stereocenters. The van der Waals surface area contributed by atoms with Gasteiger partial charge in [0.05, 0.1) is 6.10 Å². The highest BCUT2D eigenvalue weighted by Gasteiger charge is 2.57. The van der Waals surface area contributed by atoms with Gasteiger partial charge < -0.3 is 10.4 Å². The van der Waals surface area contributed by atoms with Crippen molar-refractivity contribution in [3.63, 3.8) is 0 Å². The van der Waals surface area contributed by atoms with Crippen LogP contribution in [0.5, 0.6) is 0 Å². The van der Waals surface area contributed by atoms with E-state index in [0.29, 0.717) is 0 Å². The van der Waals surface area contributed by atoms with Crippen molar-refractivity contribution in [2.24, 2.45) is 0 Å². The molecule has 0 saturated carbocycles. The summed E-state index contributed by atoms with van der Waals surface area (Å²) in [6, 6.07) is 3.59. The molecule has 0 aliphatic heterocycles. The van der Waals surface area contributed by atoms with Crippen molar-refractivity contribution in [2.75, 3.05) is 13.6 Å². The van der Waals surface area contributed by atoms with Gasteiger partial charge in [-0.3, -0.25) is 0 Å². The number of alkyl halides is 6. The van der Waals surface area contributed by atoms with Crippen LogP contribution < -0.4 is 5.32 Å². The van der Waals surface area contributed by atoms with Gasteiger partial charge in [-0.1, -0.05) is 24.3 Å². The summed E-state index contributed by atoms with van der Waals surface area (Å²) in [5.41, 5.74) is -0.656. The average molecular weight is 301 g/mol. The molecule has 0 heterocycles. The maximum atomic E-state index is 12.5. The summed E-state index contributed by atoms with van der Waals surface area (Å²) in [7, 11) is 1.56. The molecule has 1 aromatic carbocycles. The zero-order valence-corrected chi connectivity index (χ0v) is 10.4. The van der Waals surface area contributed by atoms with Crippen molar-refractivity contribution in [3.8, 4) is 0 Å². The quantitative estimate of drug-likeness (QED) is 0.837. The van der Waals surface area contributed by atoms with Crippen LogP contribution in [0.25, 0.3) is 0 Å². The molecule has 0 fully saturated rings. The van der Waals surface area contributed by atoms with Crippen LogP contribution in [0.3, 0.4) is 0 Å². The van der Waals surface area contributed by atoms with E-state index in [4.69, 9.17) is 0 Å². The Balaban J connectivity index is 3.06. The van der Waals surface area contributed by atoms with E-state index < -0.39 is 29.9 Å². The van der Waals surface area contributed by atoms with Gasteiger partial charge in [-0.05, 0) is 18.2 Å². The highest BCUT2D eigenvalue weighted by molar-refractivity contribution is 5.29. The number of hydrogen-bond acceptors (Lipinski definition) is 2. The third-order valence-corrected chi connectivity index (χ3v) is 2.71. The Bertz CT molecular complexity index is 411. The summed E-state index contributed by atoms with van der Waals surface area (Å²) < 4.78 is 75.0. The van der Waals surface area contributed by atoms with E-state index >= 15 is 0 Å². The van der Waals surface area contributed by atoms with Gasteiger partial charge >= 0.3 is 12.4 Å². The molecule has 1 unspecified atom stereocenters. The van der Waals surface area contributed by atoms with Gasteiger partial charge in [0.15, 0.2) is 5.92 Å². The number of benzene rings is 1. The minimum absolute atomic E-state index is 0.140. The molecule has 0 spiro atoms. The molecule has 0 aromatic heterocycles. The van der Waals surface area contributed by atoms with E-state index in [1.54, 1.807) is 7.05 Å². The molecule has 0 amide bonds. The lowest BCUT2D eigenvalue weighted by Gasteiger charge is -2.23. The molecule has 1 rings (SSSR count). The number of aliphatic hydroxyl groups is 1. The van der Waals surface area contributed by atoms with Crippen molar-refractivity contribution in [3.05, 3.63) is 35.4 Å². The molecule has 2 nitrogen and oxygen atoms in total. The van der Waals surface area contributed by atoms with Crippen molar-refractivity contribution >= 4 is 0 Å². The lowest BCUT2D eigenvalue weighted by atomic mass is 9.96. The van der Waals surface area contributed by atoms with E-state index in [1.807, 2.05) is 0 Å². The Morgan fingerprint density at radius 1 is 0.950 bits per heavy atom. The number of aliphatic hydroxyl groups excluding tert-OH is 1. The van der Waals surface area contributed by atoms with Crippen LogP contribution in [-0.4, -0.2) is 31.1 Å². The molecule has 0 radical (unpaired) electrons. The maximum absolute atomic E-state index is 12.5. The molecule has 8 heteroatoms. The highest BCUT2D eigenvalue weighted by Crippen LogP contribution is 2.46. The van der Waals surface area contributed by atoms with Gasteiger partial charge in [0, 0.05) is 6.54 Å². The molecule has 0 saturated heterocycles. The summed E-state index contributed by atoms with van der Waals surface area (Å²) in [5.74, 6) is -3.52. The summed E-state index contributed by atoms with van der Waals surface area (Å²) in [6.45, 7) is 0.140. The summed E-state index contributed by atoms with van der Waals surface area (Å²) in [5, 5.41) is 12.2. The fourth-order valence-electron chi connectivity index (χ4n) is 1.79. The molecule has 0 aliphatic rings. The second-order valence-electron chi connectivity index (χ2n) is 4.26. The average Bonchev–Trinajstić information content (AvgIpc) is 2.26. The summed E-state index contributed by atoms with van der Waals surface area (Å²) in [6.07, 6.45) is -11.8. The first-order chi connectivity index (χ1) is 9.07. The van der Waals surface area contributed by atoms with Crippen LogP contribution >= 0.6 is 0 Å². The third kappa shape index (κ3) is 4.11. The smallest absolute Gasteiger partial charge is 0.387 e. The number of likely N-dealkylation sites (N-methyl/N-ethyl adjacent to an activating group) is 1. The zero-order valence-electron chi connectivity index (χ0n) is 10.4. The predicted octanol–water partition coefficient (Wildman–Crippen LogP) is 3.15. The Morgan fingerprint density at radius 3 is 1.70 bits per heavy atom.